The van der Waals surface area contributed by atoms with E-state index in [1.54, 1.807) is 30.5 Å². The summed E-state index contributed by atoms with van der Waals surface area (Å²) < 4.78 is 17.4. The van der Waals surface area contributed by atoms with E-state index in [9.17, 15) is 4.39 Å². The van der Waals surface area contributed by atoms with Crippen molar-refractivity contribution in [1.82, 2.24) is 19.3 Å². The first-order chi connectivity index (χ1) is 8.24. The summed E-state index contributed by atoms with van der Waals surface area (Å²) in [6.45, 7) is 0.483. The lowest BCUT2D eigenvalue weighted by atomic mass is 10.1. The Bertz CT molecular complexity index is 655. The highest BCUT2D eigenvalue weighted by Crippen LogP contribution is 2.19. The molecule has 2 heterocycles. The van der Waals surface area contributed by atoms with E-state index >= 15 is 0 Å². The zero-order valence-electron chi connectivity index (χ0n) is 9.34. The van der Waals surface area contributed by atoms with Crippen LogP contribution in [-0.2, 0) is 13.6 Å². The van der Waals surface area contributed by atoms with E-state index in [0.29, 0.717) is 12.1 Å². The second-order valence-electron chi connectivity index (χ2n) is 4.01. The minimum atomic E-state index is -0.213. The molecule has 0 fully saturated rings. The average Bonchev–Trinajstić information content (AvgIpc) is 2.92. The number of hydrogen-bond donors (Lipinski definition) is 0. The van der Waals surface area contributed by atoms with Crippen molar-refractivity contribution in [3.05, 3.63) is 48.4 Å². The van der Waals surface area contributed by atoms with Gasteiger partial charge >= 0.3 is 0 Å². The van der Waals surface area contributed by atoms with E-state index in [0.717, 1.165) is 10.9 Å². The highest BCUT2D eigenvalue weighted by Gasteiger charge is 2.08. The zero-order valence-corrected chi connectivity index (χ0v) is 9.34. The molecule has 86 valence electrons. The van der Waals surface area contributed by atoms with Gasteiger partial charge in [-0.3, -0.25) is 4.68 Å². The lowest BCUT2D eigenvalue weighted by Gasteiger charge is -2.05. The van der Waals surface area contributed by atoms with Gasteiger partial charge in [-0.25, -0.2) is 9.37 Å². The molecule has 5 heteroatoms. The molecule has 0 bridgehead atoms. The van der Waals surface area contributed by atoms with Crippen LogP contribution >= 0.6 is 0 Å². The minimum Gasteiger partial charge on any atom is -0.333 e. The van der Waals surface area contributed by atoms with E-state index in [1.807, 2.05) is 16.8 Å². The molecular formula is C12H11FN4. The van der Waals surface area contributed by atoms with Gasteiger partial charge in [0.15, 0.2) is 0 Å². The fraction of sp³-hybridized carbons (Fsp3) is 0.167. The molecule has 3 aromatic rings. The summed E-state index contributed by atoms with van der Waals surface area (Å²) in [5.41, 5.74) is 1.44. The van der Waals surface area contributed by atoms with Crippen molar-refractivity contribution in [2.75, 3.05) is 0 Å². The van der Waals surface area contributed by atoms with E-state index in [-0.39, 0.29) is 5.82 Å². The van der Waals surface area contributed by atoms with Gasteiger partial charge in [0.1, 0.15) is 5.82 Å². The largest absolute Gasteiger partial charge is 0.333 e. The summed E-state index contributed by atoms with van der Waals surface area (Å²) in [5.74, 6) is -0.213. The molecule has 0 aliphatic rings. The summed E-state index contributed by atoms with van der Waals surface area (Å²) in [6.07, 6.45) is 6.91. The Morgan fingerprint density at radius 2 is 2.24 bits per heavy atom. The van der Waals surface area contributed by atoms with Gasteiger partial charge in [-0.05, 0) is 6.07 Å². The Morgan fingerprint density at radius 3 is 3.00 bits per heavy atom. The molecular weight excluding hydrogens is 219 g/mol. The molecule has 0 aliphatic heterocycles. The maximum Gasteiger partial charge on any atom is 0.130 e. The zero-order chi connectivity index (χ0) is 11.8. The molecule has 4 nitrogen and oxygen atoms in total. The topological polar surface area (TPSA) is 35.6 Å². The average molecular weight is 230 g/mol. The fourth-order valence-corrected chi connectivity index (χ4v) is 1.92. The molecule has 1 aromatic carbocycles. The van der Waals surface area contributed by atoms with Crippen molar-refractivity contribution in [2.45, 2.75) is 6.54 Å². The molecule has 0 radical (unpaired) electrons. The van der Waals surface area contributed by atoms with Crippen molar-refractivity contribution in [2.24, 2.45) is 7.05 Å². The summed E-state index contributed by atoms with van der Waals surface area (Å²) >= 11 is 0. The lowest BCUT2D eigenvalue weighted by Crippen LogP contribution is -2.00. The quantitative estimate of drug-likeness (QED) is 0.674. The van der Waals surface area contributed by atoms with Crippen LogP contribution < -0.4 is 0 Å². The van der Waals surface area contributed by atoms with Gasteiger partial charge in [-0.15, -0.1) is 0 Å². The predicted molar refractivity (Wildman–Crippen MR) is 62.0 cm³/mol. The fourth-order valence-electron chi connectivity index (χ4n) is 1.92. The number of imidazole rings is 1. The van der Waals surface area contributed by atoms with E-state index < -0.39 is 0 Å². The van der Waals surface area contributed by atoms with E-state index in [4.69, 9.17) is 0 Å². The summed E-state index contributed by atoms with van der Waals surface area (Å²) in [4.78, 5) is 3.94. The smallest absolute Gasteiger partial charge is 0.130 e. The first kappa shape index (κ1) is 10.0. The molecule has 0 saturated carbocycles. The highest BCUT2D eigenvalue weighted by molar-refractivity contribution is 5.79. The SMILES string of the molecule is Cn1ncc2cc(Cn3ccnc3)c(F)cc21. The van der Waals surface area contributed by atoms with Gasteiger partial charge in [-0.1, -0.05) is 0 Å². The molecule has 17 heavy (non-hydrogen) atoms. The van der Waals surface area contributed by atoms with Gasteiger partial charge in [0, 0.05) is 36.5 Å². The third-order valence-electron chi connectivity index (χ3n) is 2.83. The van der Waals surface area contributed by atoms with E-state index in [2.05, 4.69) is 10.1 Å². The number of aromatic nitrogens is 4. The van der Waals surface area contributed by atoms with Crippen LogP contribution in [-0.4, -0.2) is 19.3 Å². The molecule has 0 saturated heterocycles. The van der Waals surface area contributed by atoms with Crippen LogP contribution in [0.5, 0.6) is 0 Å². The van der Waals surface area contributed by atoms with Gasteiger partial charge in [0.2, 0.25) is 0 Å². The molecule has 0 aliphatic carbocycles. The standard InChI is InChI=1S/C12H11FN4/c1-16-12-5-11(13)10(4-9(12)6-15-16)7-17-3-2-14-8-17/h2-6,8H,7H2,1H3. The second kappa shape index (κ2) is 3.69. The van der Waals surface area contributed by atoms with Gasteiger partial charge < -0.3 is 4.57 Å². The Hall–Kier alpha value is -2.17. The van der Waals surface area contributed by atoms with Crippen molar-refractivity contribution < 1.29 is 4.39 Å². The van der Waals surface area contributed by atoms with Gasteiger partial charge in [-0.2, -0.15) is 5.10 Å². The maximum atomic E-state index is 13.9. The van der Waals surface area contributed by atoms with Crippen molar-refractivity contribution in [3.8, 4) is 0 Å². The van der Waals surface area contributed by atoms with E-state index in [1.165, 1.54) is 6.07 Å². The second-order valence-corrected chi connectivity index (χ2v) is 4.01. The van der Waals surface area contributed by atoms with Crippen LogP contribution in [0.4, 0.5) is 4.39 Å². The molecule has 0 amide bonds. The number of halogens is 1. The highest BCUT2D eigenvalue weighted by atomic mass is 19.1. The third kappa shape index (κ3) is 1.69. The maximum absolute atomic E-state index is 13.9. The summed E-state index contributed by atoms with van der Waals surface area (Å²) in [6, 6.07) is 3.35. The third-order valence-corrected chi connectivity index (χ3v) is 2.83. The normalized spacial score (nSPS) is 11.2. The number of rotatable bonds is 2. The first-order valence-corrected chi connectivity index (χ1v) is 5.30. The summed E-state index contributed by atoms with van der Waals surface area (Å²) in [7, 11) is 1.80. The van der Waals surface area contributed by atoms with Crippen molar-refractivity contribution in [3.63, 3.8) is 0 Å². The van der Waals surface area contributed by atoms with Crippen LogP contribution in [0.15, 0.2) is 37.1 Å². The molecule has 0 unspecified atom stereocenters. The number of hydrogen-bond acceptors (Lipinski definition) is 2. The van der Waals surface area contributed by atoms with Gasteiger partial charge in [0.05, 0.1) is 24.6 Å². The number of aryl methyl sites for hydroxylation is 1. The Balaban J connectivity index is 2.07. The van der Waals surface area contributed by atoms with Crippen molar-refractivity contribution in [1.29, 1.82) is 0 Å². The summed E-state index contributed by atoms with van der Waals surface area (Å²) in [5, 5.41) is 5.05. The Kier molecular flexibility index (Phi) is 2.18. The predicted octanol–water partition coefficient (Wildman–Crippen LogP) is 1.96. The number of nitrogens with zero attached hydrogens (tertiary/aromatic N) is 4. The van der Waals surface area contributed by atoms with Crippen LogP contribution in [0.2, 0.25) is 0 Å². The molecule has 3 rings (SSSR count). The number of fused-ring (bicyclic) bond motifs is 1. The molecule has 0 atom stereocenters. The Morgan fingerprint density at radius 1 is 1.35 bits per heavy atom. The molecule has 0 spiro atoms. The number of benzene rings is 1. The molecule has 2 aromatic heterocycles. The van der Waals surface area contributed by atoms with Crippen LogP contribution in [0.1, 0.15) is 5.56 Å². The first-order valence-electron chi connectivity index (χ1n) is 5.30. The van der Waals surface area contributed by atoms with Crippen LogP contribution in [0.3, 0.4) is 0 Å². The van der Waals surface area contributed by atoms with Crippen molar-refractivity contribution >= 4 is 10.9 Å². The monoisotopic (exact) mass is 230 g/mol. The Labute approximate surface area is 97.3 Å². The molecule has 0 N–H and O–H groups in total. The van der Waals surface area contributed by atoms with Gasteiger partial charge in [0.25, 0.3) is 0 Å². The van der Waals surface area contributed by atoms with Crippen LogP contribution in [0.25, 0.3) is 10.9 Å². The minimum absolute atomic E-state index is 0.213. The van der Waals surface area contributed by atoms with Crippen LogP contribution in [0, 0.1) is 5.82 Å². The lowest BCUT2D eigenvalue weighted by molar-refractivity contribution is 0.600.